The first-order chi connectivity index (χ1) is 8.76. The second kappa shape index (κ2) is 7.21. The van der Waals surface area contributed by atoms with E-state index >= 15 is 0 Å². The van der Waals surface area contributed by atoms with Gasteiger partial charge in [0, 0.05) is 23.7 Å². The number of hydrogen-bond donors (Lipinski definition) is 1. The molecule has 0 aliphatic rings. The molecule has 0 amide bonds. The van der Waals surface area contributed by atoms with Crippen molar-refractivity contribution in [1.82, 2.24) is 4.98 Å². The molecule has 1 heterocycles. The van der Waals surface area contributed by atoms with Crippen molar-refractivity contribution in [1.29, 1.82) is 0 Å². The van der Waals surface area contributed by atoms with Gasteiger partial charge in [0.2, 0.25) is 0 Å². The molecule has 1 aromatic heterocycles. The summed E-state index contributed by atoms with van der Waals surface area (Å²) in [6, 6.07) is 5.79. The van der Waals surface area contributed by atoms with Gasteiger partial charge in [-0.3, -0.25) is 4.79 Å². The van der Waals surface area contributed by atoms with Crippen molar-refractivity contribution in [3.63, 3.8) is 0 Å². The minimum Gasteiger partial charge on any atom is -0.497 e. The van der Waals surface area contributed by atoms with Crippen molar-refractivity contribution < 1.29 is 19.0 Å². The number of fused-ring (bicyclic) bond motifs is 1. The van der Waals surface area contributed by atoms with Crippen LogP contribution < -0.4 is 9.47 Å². The molecule has 0 saturated heterocycles. The van der Waals surface area contributed by atoms with Crippen LogP contribution >= 0.6 is 0 Å². The lowest BCUT2D eigenvalue weighted by Gasteiger charge is -2.04. The fourth-order valence-electron chi connectivity index (χ4n) is 1.46. The van der Waals surface area contributed by atoms with Gasteiger partial charge in [0.05, 0.1) is 26.3 Å². The predicted octanol–water partition coefficient (Wildman–Crippen LogP) is 2.36. The minimum atomic E-state index is 0.431. The summed E-state index contributed by atoms with van der Waals surface area (Å²) in [5.74, 6) is 1.63. The highest BCUT2D eigenvalue weighted by molar-refractivity contribution is 5.87. The Hall–Kier alpha value is -2.17. The second-order valence-corrected chi connectivity index (χ2v) is 3.32. The molecule has 98 valence electrons. The van der Waals surface area contributed by atoms with Gasteiger partial charge in [-0.25, -0.2) is 0 Å². The van der Waals surface area contributed by atoms with Crippen LogP contribution in [0.25, 0.3) is 10.9 Å². The van der Waals surface area contributed by atoms with Crippen molar-refractivity contribution in [3.05, 3.63) is 24.4 Å². The highest BCUT2D eigenvalue weighted by atomic mass is 16.5. The molecule has 0 aliphatic carbocycles. The van der Waals surface area contributed by atoms with E-state index in [0.29, 0.717) is 13.1 Å². The molecule has 2 aromatic rings. The fraction of sp³-hybridized carbons (Fsp3) is 0.308. The third-order valence-electron chi connectivity index (χ3n) is 2.29. The van der Waals surface area contributed by atoms with Gasteiger partial charge in [0.15, 0.2) is 0 Å². The second-order valence-electron chi connectivity index (χ2n) is 3.32. The molecule has 5 nitrogen and oxygen atoms in total. The number of aromatic nitrogens is 1. The van der Waals surface area contributed by atoms with Gasteiger partial charge in [0.1, 0.15) is 11.5 Å². The molecule has 1 aromatic carbocycles. The number of carbonyl (C=O) groups excluding carboxylic acids is 1. The Morgan fingerprint density at radius 1 is 1.28 bits per heavy atom. The number of carbonyl (C=O) groups is 1. The Labute approximate surface area is 106 Å². The number of nitrogens with one attached hydrogen (secondary N) is 1. The average Bonchev–Trinajstić information content (AvgIpc) is 2.87. The van der Waals surface area contributed by atoms with Crippen molar-refractivity contribution >= 4 is 17.4 Å². The van der Waals surface area contributed by atoms with Gasteiger partial charge in [-0.05, 0) is 13.0 Å². The maximum absolute atomic E-state index is 9.18. The average molecular weight is 251 g/mol. The first kappa shape index (κ1) is 13.9. The van der Waals surface area contributed by atoms with Crippen molar-refractivity contribution in [2.75, 3.05) is 20.8 Å². The van der Waals surface area contributed by atoms with Gasteiger partial charge < -0.3 is 19.2 Å². The summed E-state index contributed by atoms with van der Waals surface area (Å²) in [5, 5.41) is 1.07. The maximum atomic E-state index is 9.18. The maximum Gasteiger partial charge on any atom is 0.293 e. The Kier molecular flexibility index (Phi) is 5.57. The van der Waals surface area contributed by atoms with Crippen LogP contribution in [0.5, 0.6) is 11.5 Å². The van der Waals surface area contributed by atoms with Crippen LogP contribution in [-0.4, -0.2) is 32.3 Å². The number of benzene rings is 1. The zero-order valence-corrected chi connectivity index (χ0v) is 10.7. The van der Waals surface area contributed by atoms with E-state index in [1.807, 2.05) is 24.4 Å². The summed E-state index contributed by atoms with van der Waals surface area (Å²) in [7, 11) is 3.30. The standard InChI is InChI=1S/C10H11NO2.C3H6O2/c1-12-7-5-9-8(3-4-11-9)10(6-7)13-2;1-2-5-3-4/h3-6,11H,1-2H3;3H,2H2,1H3. The molecule has 0 saturated carbocycles. The normalized spacial score (nSPS) is 9.28. The zero-order valence-electron chi connectivity index (χ0n) is 10.7. The first-order valence-electron chi connectivity index (χ1n) is 5.51. The lowest BCUT2D eigenvalue weighted by atomic mass is 10.2. The number of H-pyrrole nitrogens is 1. The van der Waals surface area contributed by atoms with Crippen molar-refractivity contribution in [3.8, 4) is 11.5 Å². The van der Waals surface area contributed by atoms with Crippen LogP contribution in [0.4, 0.5) is 0 Å². The fourth-order valence-corrected chi connectivity index (χ4v) is 1.46. The molecule has 0 fully saturated rings. The first-order valence-corrected chi connectivity index (χ1v) is 5.51. The van der Waals surface area contributed by atoms with E-state index < -0.39 is 0 Å². The molecule has 1 N–H and O–H groups in total. The molecule has 0 unspecified atom stereocenters. The lowest BCUT2D eigenvalue weighted by Crippen LogP contribution is -1.87. The summed E-state index contributed by atoms with van der Waals surface area (Å²) in [5.41, 5.74) is 1.02. The molecule has 2 rings (SSSR count). The van der Waals surface area contributed by atoms with E-state index in [0.717, 1.165) is 22.4 Å². The summed E-state index contributed by atoms with van der Waals surface area (Å²) in [6.45, 7) is 2.66. The van der Waals surface area contributed by atoms with E-state index in [-0.39, 0.29) is 0 Å². The largest absolute Gasteiger partial charge is 0.497 e. The molecule has 0 bridgehead atoms. The predicted molar refractivity (Wildman–Crippen MR) is 69.1 cm³/mol. The van der Waals surface area contributed by atoms with Gasteiger partial charge in [0.25, 0.3) is 6.47 Å². The highest BCUT2D eigenvalue weighted by Gasteiger charge is 2.04. The van der Waals surface area contributed by atoms with Crippen LogP contribution in [0.1, 0.15) is 6.92 Å². The highest BCUT2D eigenvalue weighted by Crippen LogP contribution is 2.29. The Balaban J connectivity index is 0.000000280. The molecule has 5 heteroatoms. The summed E-state index contributed by atoms with van der Waals surface area (Å²) in [6.07, 6.45) is 1.88. The van der Waals surface area contributed by atoms with Gasteiger partial charge in [-0.1, -0.05) is 0 Å². The van der Waals surface area contributed by atoms with Crippen LogP contribution in [0.15, 0.2) is 24.4 Å². The topological polar surface area (TPSA) is 60.6 Å². The summed E-state index contributed by atoms with van der Waals surface area (Å²) in [4.78, 5) is 12.3. The van der Waals surface area contributed by atoms with E-state index in [4.69, 9.17) is 9.47 Å². The van der Waals surface area contributed by atoms with E-state index in [2.05, 4.69) is 9.72 Å². The van der Waals surface area contributed by atoms with Crippen LogP contribution in [0.3, 0.4) is 0 Å². The number of ether oxygens (including phenoxy) is 3. The molecular formula is C13H17NO4. The smallest absolute Gasteiger partial charge is 0.293 e. The monoisotopic (exact) mass is 251 g/mol. The minimum absolute atomic E-state index is 0.431. The van der Waals surface area contributed by atoms with E-state index in [1.54, 1.807) is 21.1 Å². The van der Waals surface area contributed by atoms with Gasteiger partial charge in [-0.2, -0.15) is 0 Å². The molecule has 18 heavy (non-hydrogen) atoms. The lowest BCUT2D eigenvalue weighted by molar-refractivity contribution is -0.128. The van der Waals surface area contributed by atoms with Gasteiger partial charge >= 0.3 is 0 Å². The molecular weight excluding hydrogens is 234 g/mol. The van der Waals surface area contributed by atoms with Gasteiger partial charge in [-0.15, -0.1) is 0 Å². The summed E-state index contributed by atoms with van der Waals surface area (Å²) < 4.78 is 14.5. The quantitative estimate of drug-likeness (QED) is 0.847. The molecule has 0 atom stereocenters. The molecule has 0 radical (unpaired) electrons. The summed E-state index contributed by atoms with van der Waals surface area (Å²) >= 11 is 0. The molecule has 0 aliphatic heterocycles. The van der Waals surface area contributed by atoms with Crippen LogP contribution in [0.2, 0.25) is 0 Å². The van der Waals surface area contributed by atoms with E-state index in [1.165, 1.54) is 0 Å². The Bertz CT molecular complexity index is 493. The Morgan fingerprint density at radius 3 is 2.56 bits per heavy atom. The van der Waals surface area contributed by atoms with E-state index in [9.17, 15) is 4.79 Å². The number of methoxy groups -OCH3 is 2. The number of aromatic amines is 1. The number of rotatable bonds is 4. The number of hydrogen-bond acceptors (Lipinski definition) is 4. The Morgan fingerprint density at radius 2 is 2.06 bits per heavy atom. The van der Waals surface area contributed by atoms with Crippen molar-refractivity contribution in [2.45, 2.75) is 6.92 Å². The van der Waals surface area contributed by atoms with Crippen LogP contribution in [0, 0.1) is 0 Å². The third kappa shape index (κ3) is 3.41. The molecule has 0 spiro atoms. The SMILES string of the molecule is CCOC=O.COc1cc(OC)c2cc[nH]c2c1. The van der Waals surface area contributed by atoms with Crippen molar-refractivity contribution in [2.24, 2.45) is 0 Å². The third-order valence-corrected chi connectivity index (χ3v) is 2.29. The van der Waals surface area contributed by atoms with Crippen LogP contribution in [-0.2, 0) is 9.53 Å². The zero-order chi connectivity index (χ0) is 13.4.